The van der Waals surface area contributed by atoms with Crippen molar-refractivity contribution in [3.63, 3.8) is 0 Å². The Morgan fingerprint density at radius 3 is 2.53 bits per heavy atom. The minimum atomic E-state index is -0.896. The summed E-state index contributed by atoms with van der Waals surface area (Å²) in [4.78, 5) is 11.5. The summed E-state index contributed by atoms with van der Waals surface area (Å²) >= 11 is 0. The van der Waals surface area contributed by atoms with Crippen molar-refractivity contribution in [2.24, 2.45) is 0 Å². The van der Waals surface area contributed by atoms with E-state index < -0.39 is 5.97 Å². The number of fused-ring (bicyclic) bond motifs is 1. The number of benzene rings is 2. The molecular weight excluding hydrogens is 236 g/mol. The van der Waals surface area contributed by atoms with Crippen molar-refractivity contribution in [2.45, 2.75) is 12.8 Å². The number of hydrogen-bond donors (Lipinski definition) is 1. The molecule has 2 nitrogen and oxygen atoms in total. The van der Waals surface area contributed by atoms with Crippen LogP contribution in [-0.4, -0.2) is 11.1 Å². The molecule has 0 aliphatic carbocycles. The minimum absolute atomic E-state index is 0.354. The van der Waals surface area contributed by atoms with E-state index in [1.54, 1.807) is 18.2 Å². The van der Waals surface area contributed by atoms with Crippen LogP contribution in [0.25, 0.3) is 10.8 Å². The molecule has 2 rings (SSSR count). The van der Waals surface area contributed by atoms with Gasteiger partial charge in [-0.05, 0) is 40.8 Å². The average molecular weight is 252 g/mol. The van der Waals surface area contributed by atoms with Crippen LogP contribution in [0, 0.1) is 0 Å². The Morgan fingerprint density at radius 2 is 1.89 bits per heavy atom. The Hall–Kier alpha value is -2.35. The summed E-state index contributed by atoms with van der Waals surface area (Å²) in [6, 6.07) is 9.60. The molecule has 0 saturated carbocycles. The smallest absolute Gasteiger partial charge is 0.336 e. The SMILES string of the molecule is C=CCc1cc(C(=O)O)c2c(CC=C)cccc2c1. The van der Waals surface area contributed by atoms with E-state index in [9.17, 15) is 9.90 Å². The maximum absolute atomic E-state index is 11.5. The number of carboxylic acids is 1. The lowest BCUT2D eigenvalue weighted by Crippen LogP contribution is -2.01. The van der Waals surface area contributed by atoms with Crippen LogP contribution in [0.4, 0.5) is 0 Å². The van der Waals surface area contributed by atoms with Crippen LogP contribution in [-0.2, 0) is 12.8 Å². The van der Waals surface area contributed by atoms with E-state index in [0.29, 0.717) is 18.4 Å². The molecule has 96 valence electrons. The highest BCUT2D eigenvalue weighted by Crippen LogP contribution is 2.26. The second kappa shape index (κ2) is 5.53. The highest BCUT2D eigenvalue weighted by Gasteiger charge is 2.13. The van der Waals surface area contributed by atoms with Crippen LogP contribution < -0.4 is 0 Å². The zero-order valence-corrected chi connectivity index (χ0v) is 10.7. The van der Waals surface area contributed by atoms with E-state index in [-0.39, 0.29) is 0 Å². The van der Waals surface area contributed by atoms with Gasteiger partial charge in [-0.1, -0.05) is 36.4 Å². The van der Waals surface area contributed by atoms with E-state index in [1.807, 2.05) is 24.3 Å². The van der Waals surface area contributed by atoms with E-state index in [4.69, 9.17) is 0 Å². The van der Waals surface area contributed by atoms with Crippen LogP contribution in [0.1, 0.15) is 21.5 Å². The molecule has 2 aromatic rings. The third-order valence-electron chi connectivity index (χ3n) is 3.10. The zero-order valence-electron chi connectivity index (χ0n) is 10.7. The molecule has 0 spiro atoms. The second-order valence-electron chi connectivity index (χ2n) is 4.45. The monoisotopic (exact) mass is 252 g/mol. The van der Waals surface area contributed by atoms with Gasteiger partial charge in [-0.3, -0.25) is 0 Å². The van der Waals surface area contributed by atoms with Gasteiger partial charge in [0.1, 0.15) is 0 Å². The third kappa shape index (κ3) is 2.58. The third-order valence-corrected chi connectivity index (χ3v) is 3.10. The van der Waals surface area contributed by atoms with Crippen molar-refractivity contribution in [1.82, 2.24) is 0 Å². The first-order valence-corrected chi connectivity index (χ1v) is 6.17. The molecule has 0 radical (unpaired) electrons. The normalized spacial score (nSPS) is 10.3. The molecule has 1 N–H and O–H groups in total. The van der Waals surface area contributed by atoms with Gasteiger partial charge >= 0.3 is 5.97 Å². The van der Waals surface area contributed by atoms with Crippen LogP contribution in [0.3, 0.4) is 0 Å². The molecule has 0 amide bonds. The first-order chi connectivity index (χ1) is 9.17. The summed E-state index contributed by atoms with van der Waals surface area (Å²) in [5, 5.41) is 11.2. The van der Waals surface area contributed by atoms with Gasteiger partial charge in [0, 0.05) is 0 Å². The van der Waals surface area contributed by atoms with Crippen molar-refractivity contribution in [3.05, 3.63) is 72.3 Å². The molecular formula is C17H16O2. The summed E-state index contributed by atoms with van der Waals surface area (Å²) in [6.45, 7) is 7.42. The maximum Gasteiger partial charge on any atom is 0.336 e. The molecule has 0 aliphatic heterocycles. The van der Waals surface area contributed by atoms with E-state index >= 15 is 0 Å². The zero-order chi connectivity index (χ0) is 13.8. The minimum Gasteiger partial charge on any atom is -0.478 e. The standard InChI is InChI=1S/C17H16O2/c1-3-6-12-10-14-9-5-8-13(7-4-2)16(14)15(11-12)17(18)19/h3-5,8-11H,1-2,6-7H2,(H,18,19). The van der Waals surface area contributed by atoms with Crippen molar-refractivity contribution in [2.75, 3.05) is 0 Å². The Labute approximate surface area is 112 Å². The largest absolute Gasteiger partial charge is 0.478 e. The van der Waals surface area contributed by atoms with Gasteiger partial charge in [0.25, 0.3) is 0 Å². The first kappa shape index (κ1) is 13.1. The molecule has 0 unspecified atom stereocenters. The van der Waals surface area contributed by atoms with Gasteiger partial charge in [0.15, 0.2) is 0 Å². The van der Waals surface area contributed by atoms with Crippen molar-refractivity contribution in [1.29, 1.82) is 0 Å². The van der Waals surface area contributed by atoms with Crippen LogP contribution in [0.5, 0.6) is 0 Å². The Balaban J connectivity index is 2.78. The fraction of sp³-hybridized carbons (Fsp3) is 0.118. The van der Waals surface area contributed by atoms with Crippen LogP contribution in [0.2, 0.25) is 0 Å². The summed E-state index contributed by atoms with van der Waals surface area (Å²) in [6.07, 6.45) is 4.90. The van der Waals surface area contributed by atoms with Gasteiger partial charge in [-0.15, -0.1) is 13.2 Å². The Bertz CT molecular complexity index is 654. The summed E-state index contributed by atoms with van der Waals surface area (Å²) in [5.41, 5.74) is 2.32. The number of hydrogen-bond acceptors (Lipinski definition) is 1. The summed E-state index contributed by atoms with van der Waals surface area (Å²) < 4.78 is 0. The molecule has 19 heavy (non-hydrogen) atoms. The first-order valence-electron chi connectivity index (χ1n) is 6.17. The fourth-order valence-electron chi connectivity index (χ4n) is 2.35. The molecule has 0 bridgehead atoms. The Kier molecular flexibility index (Phi) is 3.81. The van der Waals surface area contributed by atoms with Crippen molar-refractivity contribution >= 4 is 16.7 Å². The highest BCUT2D eigenvalue weighted by molar-refractivity contribution is 6.05. The predicted octanol–water partition coefficient (Wildman–Crippen LogP) is 4.00. The van der Waals surface area contributed by atoms with Gasteiger partial charge in [-0.25, -0.2) is 4.79 Å². The lowest BCUT2D eigenvalue weighted by atomic mass is 9.94. The highest BCUT2D eigenvalue weighted by atomic mass is 16.4. The van der Waals surface area contributed by atoms with E-state index in [1.165, 1.54) is 0 Å². The number of aromatic carboxylic acids is 1. The van der Waals surface area contributed by atoms with Gasteiger partial charge in [0.05, 0.1) is 5.56 Å². The van der Waals surface area contributed by atoms with Crippen molar-refractivity contribution in [3.8, 4) is 0 Å². The summed E-state index contributed by atoms with van der Waals surface area (Å²) in [5.74, 6) is -0.896. The van der Waals surface area contributed by atoms with Gasteiger partial charge in [0.2, 0.25) is 0 Å². The van der Waals surface area contributed by atoms with Gasteiger partial charge < -0.3 is 5.11 Å². The molecule has 0 aliphatic rings. The quantitative estimate of drug-likeness (QED) is 0.817. The average Bonchev–Trinajstić information content (AvgIpc) is 2.38. The fourth-order valence-corrected chi connectivity index (χ4v) is 2.35. The molecule has 2 heteroatoms. The molecule has 2 aromatic carbocycles. The number of carboxylic acid groups (broad SMARTS) is 1. The number of allylic oxidation sites excluding steroid dienone is 2. The predicted molar refractivity (Wildman–Crippen MR) is 78.7 cm³/mol. The second-order valence-corrected chi connectivity index (χ2v) is 4.45. The maximum atomic E-state index is 11.5. The molecule has 0 atom stereocenters. The molecule has 0 aromatic heterocycles. The lowest BCUT2D eigenvalue weighted by Gasteiger charge is -2.10. The lowest BCUT2D eigenvalue weighted by molar-refractivity contribution is 0.0699. The topological polar surface area (TPSA) is 37.3 Å². The number of carbonyl (C=O) groups is 1. The number of rotatable bonds is 5. The van der Waals surface area contributed by atoms with Crippen LogP contribution in [0.15, 0.2) is 55.6 Å². The van der Waals surface area contributed by atoms with Gasteiger partial charge in [-0.2, -0.15) is 0 Å². The Morgan fingerprint density at radius 1 is 1.16 bits per heavy atom. The summed E-state index contributed by atoms with van der Waals surface area (Å²) in [7, 11) is 0. The van der Waals surface area contributed by atoms with E-state index in [2.05, 4.69) is 13.2 Å². The van der Waals surface area contributed by atoms with Crippen LogP contribution >= 0.6 is 0 Å². The molecule has 0 saturated heterocycles. The van der Waals surface area contributed by atoms with E-state index in [0.717, 1.165) is 21.9 Å². The van der Waals surface area contributed by atoms with Crippen molar-refractivity contribution < 1.29 is 9.90 Å². The molecule has 0 heterocycles. The molecule has 0 fully saturated rings.